The Morgan fingerprint density at radius 1 is 1.04 bits per heavy atom. The van der Waals surface area contributed by atoms with Crippen molar-refractivity contribution in [2.24, 2.45) is 0 Å². The zero-order valence-electron chi connectivity index (χ0n) is 13.7. The average Bonchev–Trinajstić information content (AvgIpc) is 3.11. The Bertz CT molecular complexity index is 891. The molecule has 2 heterocycles. The predicted octanol–water partition coefficient (Wildman–Crippen LogP) is 4.02. The highest BCUT2D eigenvalue weighted by atomic mass is 35.5. The molecule has 5 nitrogen and oxygen atoms in total. The number of aromatic nitrogens is 3. The van der Waals surface area contributed by atoms with Gasteiger partial charge >= 0.3 is 0 Å². The molecule has 4 rings (SSSR count). The second-order valence-corrected chi connectivity index (χ2v) is 6.56. The third kappa shape index (κ3) is 2.81. The molecule has 0 radical (unpaired) electrons. The highest BCUT2D eigenvalue weighted by Crippen LogP contribution is 2.41. The zero-order valence-corrected chi connectivity index (χ0v) is 14.5. The van der Waals surface area contributed by atoms with Crippen molar-refractivity contribution in [3.63, 3.8) is 0 Å². The Morgan fingerprint density at radius 3 is 2.40 bits per heavy atom. The van der Waals surface area contributed by atoms with Crippen LogP contribution in [-0.4, -0.2) is 20.7 Å². The fourth-order valence-corrected chi connectivity index (χ4v) is 3.60. The lowest BCUT2D eigenvalue weighted by atomic mass is 9.92. The molecule has 6 heteroatoms. The highest BCUT2D eigenvalue weighted by Gasteiger charge is 2.37. The molecule has 0 N–H and O–H groups in total. The maximum absolute atomic E-state index is 12.4. The summed E-state index contributed by atoms with van der Waals surface area (Å²) in [5.41, 5.74) is 2.19. The smallest absolute Gasteiger partial charge is 0.231 e. The summed E-state index contributed by atoms with van der Waals surface area (Å²) in [7, 11) is 0. The number of hydrogen-bond acceptors (Lipinski definition) is 3. The lowest BCUT2D eigenvalue weighted by Crippen LogP contribution is -2.41. The molecular weight excluding hydrogens is 336 g/mol. The van der Waals surface area contributed by atoms with Gasteiger partial charge in [0.25, 0.3) is 0 Å². The van der Waals surface area contributed by atoms with E-state index in [1.807, 2.05) is 47.1 Å². The van der Waals surface area contributed by atoms with Gasteiger partial charge in [0, 0.05) is 11.9 Å². The van der Waals surface area contributed by atoms with E-state index in [-0.39, 0.29) is 18.0 Å². The molecule has 25 heavy (non-hydrogen) atoms. The minimum atomic E-state index is -0.114. The molecule has 2 atom stereocenters. The molecule has 3 aromatic rings. The van der Waals surface area contributed by atoms with Gasteiger partial charge in [-0.15, -0.1) is 0 Å². The van der Waals surface area contributed by atoms with E-state index in [0.717, 1.165) is 17.5 Å². The number of anilines is 1. The van der Waals surface area contributed by atoms with Crippen LogP contribution in [0.25, 0.3) is 0 Å². The summed E-state index contributed by atoms with van der Waals surface area (Å²) in [6.07, 6.45) is 2.23. The first-order chi connectivity index (χ1) is 12.1. The van der Waals surface area contributed by atoms with Crippen LogP contribution in [0.4, 0.5) is 5.95 Å². The summed E-state index contributed by atoms with van der Waals surface area (Å²) in [5.74, 6) is 0.522. The number of halogens is 1. The minimum Gasteiger partial charge on any atom is -0.275 e. The number of carbonyl (C=O) groups is 1. The molecule has 126 valence electrons. The topological polar surface area (TPSA) is 51.0 Å². The third-order valence-electron chi connectivity index (χ3n) is 4.60. The molecule has 0 saturated heterocycles. The van der Waals surface area contributed by atoms with E-state index in [2.05, 4.69) is 22.2 Å². The standard InChI is InChI=1S/C19H17ClN4O/c1-13(25)23-17(15-7-9-16(20)10-8-15)11-18(14-5-3-2-4-6-14)24-19(23)21-12-22-24/h2-10,12,17-18H,11H2,1H3/t17-,18-/m0/s1. The molecule has 0 spiro atoms. The monoisotopic (exact) mass is 352 g/mol. The Hall–Kier alpha value is -2.66. The lowest BCUT2D eigenvalue weighted by molar-refractivity contribution is -0.117. The van der Waals surface area contributed by atoms with Crippen LogP contribution in [0.1, 0.15) is 36.6 Å². The molecule has 1 aliphatic heterocycles. The largest absolute Gasteiger partial charge is 0.275 e. The van der Waals surface area contributed by atoms with Crippen LogP contribution < -0.4 is 4.90 Å². The molecule has 1 aliphatic rings. The lowest BCUT2D eigenvalue weighted by Gasteiger charge is -2.38. The summed E-state index contributed by atoms with van der Waals surface area (Å²) in [5, 5.41) is 5.06. The molecule has 0 saturated carbocycles. The number of fused-ring (bicyclic) bond motifs is 1. The van der Waals surface area contributed by atoms with E-state index >= 15 is 0 Å². The van der Waals surface area contributed by atoms with Crippen molar-refractivity contribution < 1.29 is 4.79 Å². The molecule has 0 aliphatic carbocycles. The van der Waals surface area contributed by atoms with Gasteiger partial charge in [0.15, 0.2) is 0 Å². The summed E-state index contributed by atoms with van der Waals surface area (Å²) in [4.78, 5) is 18.4. The van der Waals surface area contributed by atoms with Crippen LogP contribution in [0.2, 0.25) is 5.02 Å². The van der Waals surface area contributed by atoms with Crippen molar-refractivity contribution in [3.05, 3.63) is 77.1 Å². The van der Waals surface area contributed by atoms with Crippen LogP contribution in [-0.2, 0) is 4.79 Å². The Balaban J connectivity index is 1.84. The quantitative estimate of drug-likeness (QED) is 0.700. The normalized spacial score (nSPS) is 19.5. The third-order valence-corrected chi connectivity index (χ3v) is 4.85. The Morgan fingerprint density at radius 2 is 1.72 bits per heavy atom. The molecule has 0 bridgehead atoms. The van der Waals surface area contributed by atoms with E-state index in [4.69, 9.17) is 11.6 Å². The molecule has 1 aromatic heterocycles. The first-order valence-electron chi connectivity index (χ1n) is 8.15. The summed E-state index contributed by atoms with van der Waals surface area (Å²) >= 11 is 6.03. The van der Waals surface area contributed by atoms with Gasteiger partial charge in [-0.25, -0.2) is 4.68 Å². The first kappa shape index (κ1) is 15.8. The fraction of sp³-hybridized carbons (Fsp3) is 0.211. The van der Waals surface area contributed by atoms with E-state index < -0.39 is 0 Å². The van der Waals surface area contributed by atoms with E-state index in [9.17, 15) is 4.79 Å². The highest BCUT2D eigenvalue weighted by molar-refractivity contribution is 6.30. The van der Waals surface area contributed by atoms with Crippen molar-refractivity contribution in [2.75, 3.05) is 4.90 Å². The number of hydrogen-bond donors (Lipinski definition) is 0. The SMILES string of the molecule is CC(=O)N1c2ncnn2[C@H](c2ccccc2)C[C@H]1c1ccc(Cl)cc1. The van der Waals surface area contributed by atoms with Crippen molar-refractivity contribution in [3.8, 4) is 0 Å². The van der Waals surface area contributed by atoms with Gasteiger partial charge < -0.3 is 0 Å². The van der Waals surface area contributed by atoms with Crippen LogP contribution in [0.5, 0.6) is 0 Å². The van der Waals surface area contributed by atoms with Gasteiger partial charge in [0.05, 0.1) is 12.1 Å². The number of amides is 1. The van der Waals surface area contributed by atoms with Crippen LogP contribution in [0.15, 0.2) is 60.9 Å². The van der Waals surface area contributed by atoms with E-state index in [0.29, 0.717) is 11.0 Å². The van der Waals surface area contributed by atoms with Crippen LogP contribution in [0.3, 0.4) is 0 Å². The van der Waals surface area contributed by atoms with Crippen molar-refractivity contribution in [1.82, 2.24) is 14.8 Å². The minimum absolute atomic E-state index is 0.0231. The number of carbonyl (C=O) groups excluding carboxylic acids is 1. The second kappa shape index (κ2) is 6.33. The summed E-state index contributed by atoms with van der Waals surface area (Å²) in [6.45, 7) is 1.56. The maximum Gasteiger partial charge on any atom is 0.231 e. The van der Waals surface area contributed by atoms with E-state index in [1.54, 1.807) is 11.8 Å². The van der Waals surface area contributed by atoms with Gasteiger partial charge in [0.2, 0.25) is 11.9 Å². The number of benzene rings is 2. The van der Waals surface area contributed by atoms with Gasteiger partial charge in [-0.1, -0.05) is 54.1 Å². The fourth-order valence-electron chi connectivity index (χ4n) is 3.48. The van der Waals surface area contributed by atoms with Gasteiger partial charge in [-0.3, -0.25) is 9.69 Å². The van der Waals surface area contributed by atoms with Gasteiger partial charge in [-0.05, 0) is 29.7 Å². The van der Waals surface area contributed by atoms with Crippen molar-refractivity contribution in [2.45, 2.75) is 25.4 Å². The number of nitrogens with zero attached hydrogens (tertiary/aromatic N) is 4. The Kier molecular flexibility index (Phi) is 4.01. The number of rotatable bonds is 2. The van der Waals surface area contributed by atoms with Crippen LogP contribution >= 0.6 is 11.6 Å². The maximum atomic E-state index is 12.4. The average molecular weight is 353 g/mol. The molecule has 2 aromatic carbocycles. The van der Waals surface area contributed by atoms with E-state index in [1.165, 1.54) is 6.33 Å². The molecule has 0 fully saturated rings. The van der Waals surface area contributed by atoms with Crippen molar-refractivity contribution in [1.29, 1.82) is 0 Å². The second-order valence-electron chi connectivity index (χ2n) is 6.12. The Labute approximate surface area is 150 Å². The first-order valence-corrected chi connectivity index (χ1v) is 8.52. The molecule has 0 unspecified atom stereocenters. The van der Waals surface area contributed by atoms with Crippen molar-refractivity contribution >= 4 is 23.5 Å². The van der Waals surface area contributed by atoms with Gasteiger partial charge in [0.1, 0.15) is 6.33 Å². The van der Waals surface area contributed by atoms with Gasteiger partial charge in [-0.2, -0.15) is 10.1 Å². The molecular formula is C19H17ClN4O. The van der Waals surface area contributed by atoms with Crippen LogP contribution in [0, 0.1) is 0 Å². The zero-order chi connectivity index (χ0) is 17.4. The summed E-state index contributed by atoms with van der Waals surface area (Å²) < 4.78 is 1.84. The predicted molar refractivity (Wildman–Crippen MR) is 96.6 cm³/mol. The summed E-state index contributed by atoms with van der Waals surface area (Å²) in [6, 6.07) is 17.7. The molecule has 1 amide bonds.